The maximum absolute atomic E-state index is 9.63. The van der Waals surface area contributed by atoms with Crippen LogP contribution in [0.4, 0.5) is 0 Å². The van der Waals surface area contributed by atoms with E-state index in [1.165, 1.54) is 12.8 Å². The van der Waals surface area contributed by atoms with Gasteiger partial charge >= 0.3 is 0 Å². The smallest absolute Gasteiger partial charge is 0.144 e. The molecule has 34 heavy (non-hydrogen) atoms. The Kier molecular flexibility index (Phi) is 95.0. The Bertz CT molecular complexity index is 342. The fourth-order valence-electron chi connectivity index (χ4n) is 0. The standard InChI is InChI=1S/C5H12.C4H10.C3H9N.2C3H8.C2H6O2S.C2H6OS.C2H6O.C2H6S/c1-5(2,3)4;2*1-4(2)3;2*1-3-2;1-5(2,3)4;1-4(2)3;2*1-3-2/h1-4H3;4H,1-3H3;1-3H3;2*3H2,1-2H3;1-2H3;1-2H3;2*1-2H3. The summed E-state index contributed by atoms with van der Waals surface area (Å²) >= 11 is 1.75. The molecular formula is C26H71NO4S3. The second-order valence-electron chi connectivity index (χ2n) is 10.2. The third kappa shape index (κ3) is 233000. The van der Waals surface area contributed by atoms with E-state index in [0.717, 1.165) is 18.4 Å². The molecule has 0 rings (SSSR count). The zero-order valence-corrected chi connectivity index (χ0v) is 30.2. The van der Waals surface area contributed by atoms with Crippen molar-refractivity contribution < 1.29 is 17.4 Å². The van der Waals surface area contributed by atoms with Gasteiger partial charge in [0, 0.05) is 50.0 Å². The molecule has 222 valence electrons. The maximum Gasteiger partial charge on any atom is 0.144 e. The molecule has 0 aliphatic carbocycles. The zero-order chi connectivity index (χ0) is 30.6. The highest BCUT2D eigenvalue weighted by Crippen LogP contribution is 2.08. The van der Waals surface area contributed by atoms with Crippen LogP contribution in [0.2, 0.25) is 0 Å². The molecule has 8 heteroatoms. The van der Waals surface area contributed by atoms with Gasteiger partial charge in [0.05, 0.1) is 0 Å². The first-order chi connectivity index (χ1) is 14.9. The van der Waals surface area contributed by atoms with E-state index in [9.17, 15) is 12.6 Å². The van der Waals surface area contributed by atoms with Crippen molar-refractivity contribution in [2.75, 3.05) is 72.9 Å². The summed E-state index contributed by atoms with van der Waals surface area (Å²) in [5.41, 5.74) is 0.500. The summed E-state index contributed by atoms with van der Waals surface area (Å²) in [4.78, 5) is 2.00. The van der Waals surface area contributed by atoms with E-state index >= 15 is 0 Å². The summed E-state index contributed by atoms with van der Waals surface area (Å²) < 4.78 is 33.1. The van der Waals surface area contributed by atoms with E-state index in [4.69, 9.17) is 0 Å². The summed E-state index contributed by atoms with van der Waals surface area (Å²) in [5, 5.41) is 0. The molecule has 0 aromatic carbocycles. The van der Waals surface area contributed by atoms with Gasteiger partial charge in [0.25, 0.3) is 0 Å². The minimum absolute atomic E-state index is 0.500. The lowest BCUT2D eigenvalue weighted by atomic mass is 10.0. The van der Waals surface area contributed by atoms with Gasteiger partial charge in [-0.05, 0) is 45.0 Å². The van der Waals surface area contributed by atoms with Gasteiger partial charge < -0.3 is 9.64 Å². The maximum atomic E-state index is 9.63. The lowest BCUT2D eigenvalue weighted by Crippen LogP contribution is -1.99. The highest BCUT2D eigenvalue weighted by Gasteiger charge is 1.95. The van der Waals surface area contributed by atoms with Crippen molar-refractivity contribution in [3.05, 3.63) is 0 Å². The van der Waals surface area contributed by atoms with Gasteiger partial charge in [0.15, 0.2) is 0 Å². The fourth-order valence-corrected chi connectivity index (χ4v) is 0. The summed E-state index contributed by atoms with van der Waals surface area (Å²) in [6.07, 6.45) is 12.2. The molecule has 0 aromatic rings. The second kappa shape index (κ2) is 54.3. The molecule has 0 aliphatic heterocycles. The molecule has 0 N–H and O–H groups in total. The number of hydrogen-bond donors (Lipinski definition) is 0. The van der Waals surface area contributed by atoms with Crippen LogP contribution in [0.25, 0.3) is 0 Å². The van der Waals surface area contributed by atoms with E-state index in [0.29, 0.717) is 5.41 Å². The SMILES string of the molecule is CC(C)(C)C.CC(C)C.CCC.CCC.CN(C)C.COC.CS(C)(=O)=O.CS(C)=O.CSC. The zero-order valence-electron chi connectivity index (χ0n) is 27.8. The van der Waals surface area contributed by atoms with E-state index in [-0.39, 0.29) is 0 Å². The number of methoxy groups -OCH3 is 1. The number of nitrogens with zero attached hydrogens (tertiary/aromatic N) is 1. The Labute approximate surface area is 227 Å². The molecule has 5 nitrogen and oxygen atoms in total. The average Bonchev–Trinajstić information content (AvgIpc) is 2.44. The lowest BCUT2D eigenvalue weighted by Gasteiger charge is -2.05. The first-order valence-electron chi connectivity index (χ1n) is 11.7. The number of hydrogen-bond acceptors (Lipinski definition) is 6. The van der Waals surface area contributed by atoms with Crippen molar-refractivity contribution in [2.24, 2.45) is 11.3 Å². The first kappa shape index (κ1) is 59.5. The third-order valence-corrected chi connectivity index (χ3v) is 0. The second-order valence-corrected chi connectivity index (χ2v) is 14.8. The Hall–Kier alpha value is 0.370. The van der Waals surface area contributed by atoms with E-state index in [1.807, 2.05) is 38.6 Å². The number of rotatable bonds is 0. The minimum Gasteiger partial charge on any atom is -0.388 e. The quantitative estimate of drug-likeness (QED) is 0.305. The summed E-state index contributed by atoms with van der Waals surface area (Å²) in [7, 11) is 5.97. The van der Waals surface area contributed by atoms with Crippen molar-refractivity contribution in [1.29, 1.82) is 0 Å². The highest BCUT2D eigenvalue weighted by atomic mass is 32.2. The molecule has 0 amide bonds. The van der Waals surface area contributed by atoms with Crippen molar-refractivity contribution in [1.82, 2.24) is 4.90 Å². The summed E-state index contributed by atoms with van der Waals surface area (Å²) in [6.45, 7) is 23.8. The van der Waals surface area contributed by atoms with Crippen LogP contribution in [0.5, 0.6) is 0 Å². The van der Waals surface area contributed by atoms with Crippen LogP contribution in [0.15, 0.2) is 0 Å². The number of ether oxygens (including phenoxy) is 1. The third-order valence-electron chi connectivity index (χ3n) is 0. The molecule has 0 heterocycles. The van der Waals surface area contributed by atoms with E-state index < -0.39 is 20.6 Å². The minimum atomic E-state index is -2.67. The predicted molar refractivity (Wildman–Crippen MR) is 170 cm³/mol. The van der Waals surface area contributed by atoms with Crippen molar-refractivity contribution in [2.45, 2.75) is 89.0 Å². The van der Waals surface area contributed by atoms with Gasteiger partial charge in [0.2, 0.25) is 0 Å². The van der Waals surface area contributed by atoms with Gasteiger partial charge in [-0.25, -0.2) is 8.42 Å². The van der Waals surface area contributed by atoms with Gasteiger partial charge in [-0.15, -0.1) is 0 Å². The molecule has 0 fully saturated rings. The van der Waals surface area contributed by atoms with Crippen LogP contribution in [-0.4, -0.2) is 90.4 Å². The Morgan fingerprint density at radius 3 is 0.824 bits per heavy atom. The number of thioether (sulfide) groups is 1. The van der Waals surface area contributed by atoms with Crippen LogP contribution in [0, 0.1) is 11.3 Å². The molecule has 0 spiro atoms. The molecule has 0 bridgehead atoms. The van der Waals surface area contributed by atoms with Crippen LogP contribution in [-0.2, 0) is 25.4 Å². The molecule has 0 saturated heterocycles. The van der Waals surface area contributed by atoms with Crippen LogP contribution in [0.3, 0.4) is 0 Å². The van der Waals surface area contributed by atoms with Crippen molar-refractivity contribution in [3.63, 3.8) is 0 Å². The predicted octanol–water partition coefficient (Wildman–Crippen LogP) is 7.62. The topological polar surface area (TPSA) is 63.7 Å². The molecule has 0 aliphatic rings. The molecule has 0 unspecified atom stereocenters. The van der Waals surface area contributed by atoms with Crippen LogP contribution >= 0.6 is 11.8 Å². The van der Waals surface area contributed by atoms with Crippen LogP contribution < -0.4 is 0 Å². The fraction of sp³-hybridized carbons (Fsp3) is 1.00. The van der Waals surface area contributed by atoms with Crippen LogP contribution in [0.1, 0.15) is 89.0 Å². The normalized spacial score (nSPS) is 8.74. The molecular weight excluding hydrogens is 486 g/mol. The van der Waals surface area contributed by atoms with Crippen molar-refractivity contribution >= 4 is 32.4 Å². The van der Waals surface area contributed by atoms with E-state index in [1.54, 1.807) is 38.5 Å². The Balaban J connectivity index is -0.0000000298. The average molecular weight is 558 g/mol. The van der Waals surface area contributed by atoms with Crippen molar-refractivity contribution in [3.8, 4) is 0 Å². The monoisotopic (exact) mass is 557 g/mol. The Morgan fingerprint density at radius 1 is 0.824 bits per heavy atom. The first-order valence-corrected chi connectivity index (χ1v) is 17.6. The summed E-state index contributed by atoms with van der Waals surface area (Å²) in [5.74, 6) is 0.833. The molecule has 0 radical (unpaired) electrons. The Morgan fingerprint density at radius 2 is 0.824 bits per heavy atom. The van der Waals surface area contributed by atoms with Gasteiger partial charge in [-0.2, -0.15) is 11.8 Å². The van der Waals surface area contributed by atoms with Gasteiger partial charge in [-0.1, -0.05) is 89.0 Å². The molecule has 0 aromatic heterocycles. The van der Waals surface area contributed by atoms with Gasteiger partial charge in [-0.3, -0.25) is 4.21 Å². The van der Waals surface area contributed by atoms with E-state index in [2.05, 4.69) is 80.9 Å². The molecule has 0 atom stereocenters. The largest absolute Gasteiger partial charge is 0.388 e. The van der Waals surface area contributed by atoms with Gasteiger partial charge in [0.1, 0.15) is 9.84 Å². The lowest BCUT2D eigenvalue weighted by molar-refractivity contribution is 0.277. The number of sulfone groups is 1. The summed E-state index contributed by atoms with van der Waals surface area (Å²) in [6, 6.07) is 0. The molecule has 0 saturated carbocycles. The highest BCUT2D eigenvalue weighted by molar-refractivity contribution is 7.97.